The molecule has 0 saturated heterocycles. The minimum Gasteiger partial charge on any atom is -0.497 e. The van der Waals surface area contributed by atoms with Crippen molar-refractivity contribution < 1.29 is 19.1 Å². The van der Waals surface area contributed by atoms with E-state index in [1.165, 1.54) is 6.07 Å². The molecule has 0 spiro atoms. The number of carboxylic acids is 1. The third-order valence-electron chi connectivity index (χ3n) is 1.94. The predicted octanol–water partition coefficient (Wildman–Crippen LogP) is 2.56. The molecule has 0 unspecified atom stereocenters. The van der Waals surface area contributed by atoms with E-state index in [4.69, 9.17) is 14.3 Å². The number of aromatic carboxylic acids is 1. The van der Waals surface area contributed by atoms with E-state index in [-0.39, 0.29) is 18.2 Å². The highest BCUT2D eigenvalue weighted by Gasteiger charge is 2.10. The van der Waals surface area contributed by atoms with E-state index in [0.717, 1.165) is 5.39 Å². The monoisotopic (exact) mass is 228 g/mol. The van der Waals surface area contributed by atoms with Crippen LogP contribution in [0.5, 0.6) is 5.75 Å². The van der Waals surface area contributed by atoms with E-state index in [1.54, 1.807) is 25.3 Å². The fraction of sp³-hybridized carbons (Fsp3) is 0.100. The molecule has 15 heavy (non-hydrogen) atoms. The number of rotatable bonds is 2. The second kappa shape index (κ2) is 4.23. The number of methoxy groups -OCH3 is 1. The normalized spacial score (nSPS) is 9.67. The lowest BCUT2D eigenvalue weighted by atomic mass is 10.2. The molecule has 2 rings (SSSR count). The highest BCUT2D eigenvalue weighted by molar-refractivity contribution is 5.91. The van der Waals surface area contributed by atoms with Crippen LogP contribution in [-0.4, -0.2) is 18.2 Å². The molecule has 0 atom stereocenters. The smallest absolute Gasteiger partial charge is 0.371 e. The van der Waals surface area contributed by atoms with E-state index < -0.39 is 5.97 Å². The number of ether oxygens (including phenoxy) is 1. The molecule has 0 bridgehead atoms. The van der Waals surface area contributed by atoms with Crippen molar-refractivity contribution in [1.29, 1.82) is 0 Å². The van der Waals surface area contributed by atoms with Crippen molar-refractivity contribution in [3.05, 3.63) is 30.0 Å². The highest BCUT2D eigenvalue weighted by Crippen LogP contribution is 2.23. The van der Waals surface area contributed by atoms with Crippen molar-refractivity contribution in [2.24, 2.45) is 0 Å². The third-order valence-corrected chi connectivity index (χ3v) is 1.94. The van der Waals surface area contributed by atoms with Gasteiger partial charge in [0.25, 0.3) is 0 Å². The molecule has 0 aliphatic heterocycles. The Morgan fingerprint density at radius 3 is 2.73 bits per heavy atom. The van der Waals surface area contributed by atoms with Gasteiger partial charge in [-0.3, -0.25) is 0 Å². The van der Waals surface area contributed by atoms with Gasteiger partial charge < -0.3 is 14.3 Å². The minimum atomic E-state index is -1.07. The fourth-order valence-electron chi connectivity index (χ4n) is 1.24. The van der Waals surface area contributed by atoms with E-state index in [1.807, 2.05) is 0 Å². The quantitative estimate of drug-likeness (QED) is 0.858. The second-order valence-corrected chi connectivity index (χ2v) is 2.82. The summed E-state index contributed by atoms with van der Waals surface area (Å²) in [6.07, 6.45) is 0. The second-order valence-electron chi connectivity index (χ2n) is 2.82. The van der Waals surface area contributed by atoms with Crippen LogP contribution in [-0.2, 0) is 0 Å². The summed E-state index contributed by atoms with van der Waals surface area (Å²) >= 11 is 0. The van der Waals surface area contributed by atoms with Crippen molar-refractivity contribution in [3.63, 3.8) is 0 Å². The van der Waals surface area contributed by atoms with Gasteiger partial charge in [-0.25, -0.2) is 4.79 Å². The molecule has 2 aromatic rings. The number of hydrogen-bond acceptors (Lipinski definition) is 3. The topological polar surface area (TPSA) is 59.7 Å². The first-order valence-corrected chi connectivity index (χ1v) is 4.01. The lowest BCUT2D eigenvalue weighted by molar-refractivity contribution is 0.0665. The van der Waals surface area contributed by atoms with Gasteiger partial charge in [-0.05, 0) is 18.2 Å². The predicted molar refractivity (Wildman–Crippen MR) is 57.0 cm³/mol. The number of carboxylic acid groups (broad SMARTS) is 1. The zero-order valence-electron chi connectivity index (χ0n) is 7.89. The van der Waals surface area contributed by atoms with E-state index in [9.17, 15) is 4.79 Å². The Labute approximate surface area is 91.9 Å². The average Bonchev–Trinajstić information content (AvgIpc) is 2.59. The Bertz CT molecular complexity index is 489. The number of hydrogen-bond donors (Lipinski definition) is 1. The summed E-state index contributed by atoms with van der Waals surface area (Å²) in [5, 5.41) is 9.44. The lowest BCUT2D eigenvalue weighted by Crippen LogP contribution is -1.91. The van der Waals surface area contributed by atoms with E-state index in [0.29, 0.717) is 11.3 Å². The number of furan rings is 1. The van der Waals surface area contributed by atoms with Gasteiger partial charge in [0.05, 0.1) is 7.11 Å². The highest BCUT2D eigenvalue weighted by atomic mass is 35.5. The van der Waals surface area contributed by atoms with Crippen LogP contribution in [0.1, 0.15) is 10.6 Å². The molecule has 0 aliphatic rings. The number of carbonyl (C=O) groups is 1. The Morgan fingerprint density at radius 1 is 1.40 bits per heavy atom. The maximum atomic E-state index is 10.6. The average molecular weight is 229 g/mol. The van der Waals surface area contributed by atoms with Gasteiger partial charge in [0.2, 0.25) is 5.76 Å². The van der Waals surface area contributed by atoms with Gasteiger partial charge in [-0.15, -0.1) is 12.4 Å². The number of halogens is 1. The van der Waals surface area contributed by atoms with Crippen molar-refractivity contribution in [3.8, 4) is 5.75 Å². The van der Waals surface area contributed by atoms with Gasteiger partial charge in [0.1, 0.15) is 11.3 Å². The van der Waals surface area contributed by atoms with Crippen molar-refractivity contribution in [1.82, 2.24) is 0 Å². The molecule has 0 amide bonds. The van der Waals surface area contributed by atoms with Crippen LogP contribution in [0.3, 0.4) is 0 Å². The maximum absolute atomic E-state index is 10.6. The summed E-state index contributed by atoms with van der Waals surface area (Å²) < 4.78 is 10.1. The molecular weight excluding hydrogens is 220 g/mol. The van der Waals surface area contributed by atoms with Crippen LogP contribution in [0.4, 0.5) is 0 Å². The summed E-state index contributed by atoms with van der Waals surface area (Å²) in [7, 11) is 1.54. The van der Waals surface area contributed by atoms with Gasteiger partial charge in [-0.1, -0.05) is 0 Å². The molecule has 0 saturated carbocycles. The van der Waals surface area contributed by atoms with Crippen LogP contribution >= 0.6 is 12.4 Å². The molecule has 0 fully saturated rings. The lowest BCUT2D eigenvalue weighted by Gasteiger charge is -1.96. The zero-order valence-corrected chi connectivity index (χ0v) is 8.71. The van der Waals surface area contributed by atoms with Crippen LogP contribution in [0.25, 0.3) is 11.0 Å². The van der Waals surface area contributed by atoms with Crippen molar-refractivity contribution >= 4 is 29.3 Å². The molecule has 1 heterocycles. The van der Waals surface area contributed by atoms with Crippen LogP contribution in [0.2, 0.25) is 0 Å². The number of fused-ring (bicyclic) bond motifs is 1. The molecule has 1 aromatic heterocycles. The van der Waals surface area contributed by atoms with Gasteiger partial charge in [0.15, 0.2) is 0 Å². The Morgan fingerprint density at radius 2 is 2.13 bits per heavy atom. The molecule has 1 N–H and O–H groups in total. The summed E-state index contributed by atoms with van der Waals surface area (Å²) in [6, 6.07) is 6.65. The number of benzene rings is 1. The molecule has 4 nitrogen and oxygen atoms in total. The molecule has 5 heteroatoms. The zero-order chi connectivity index (χ0) is 10.1. The first-order valence-electron chi connectivity index (χ1n) is 4.01. The van der Waals surface area contributed by atoms with Gasteiger partial charge in [-0.2, -0.15) is 0 Å². The minimum absolute atomic E-state index is 0. The van der Waals surface area contributed by atoms with Crippen LogP contribution in [0, 0.1) is 0 Å². The molecule has 0 aliphatic carbocycles. The molecular formula is C10H9ClO4. The van der Waals surface area contributed by atoms with Crippen molar-refractivity contribution in [2.45, 2.75) is 0 Å². The SMILES string of the molecule is COc1ccc2cc(C(=O)O)oc2c1.Cl. The molecule has 1 aromatic carbocycles. The maximum Gasteiger partial charge on any atom is 0.371 e. The summed E-state index contributed by atoms with van der Waals surface area (Å²) in [6.45, 7) is 0. The van der Waals surface area contributed by atoms with E-state index in [2.05, 4.69) is 0 Å². The Balaban J connectivity index is 0.00000112. The summed E-state index contributed by atoms with van der Waals surface area (Å²) in [5.41, 5.74) is 0.516. The summed E-state index contributed by atoms with van der Waals surface area (Å²) in [5.74, 6) is -0.489. The van der Waals surface area contributed by atoms with Gasteiger partial charge >= 0.3 is 5.97 Å². The Kier molecular flexibility index (Phi) is 3.21. The summed E-state index contributed by atoms with van der Waals surface area (Å²) in [4.78, 5) is 10.6. The fourth-order valence-corrected chi connectivity index (χ4v) is 1.24. The first kappa shape index (κ1) is 11.4. The molecule has 0 radical (unpaired) electrons. The van der Waals surface area contributed by atoms with E-state index >= 15 is 0 Å². The standard InChI is InChI=1S/C10H8O4.ClH/c1-13-7-3-2-6-4-9(10(11)12)14-8(6)5-7;/h2-5H,1H3,(H,11,12);1H. The Hall–Kier alpha value is -1.68. The first-order chi connectivity index (χ1) is 6.70. The molecule has 80 valence electrons. The van der Waals surface area contributed by atoms with Crippen LogP contribution in [0.15, 0.2) is 28.7 Å². The third kappa shape index (κ3) is 2.05. The van der Waals surface area contributed by atoms with Crippen molar-refractivity contribution in [2.75, 3.05) is 7.11 Å². The largest absolute Gasteiger partial charge is 0.497 e. The van der Waals surface area contributed by atoms with Crippen LogP contribution < -0.4 is 4.74 Å². The van der Waals surface area contributed by atoms with Gasteiger partial charge in [0, 0.05) is 11.5 Å².